The Balaban J connectivity index is 3.35. The number of aliphatic carboxylic acids is 1. The van der Waals surface area contributed by atoms with Gasteiger partial charge in [-0.25, -0.2) is 0 Å². The van der Waals surface area contributed by atoms with Gasteiger partial charge in [-0.05, 0) is 38.0 Å². The van der Waals surface area contributed by atoms with E-state index in [4.69, 9.17) is 9.84 Å². The second-order valence-corrected chi connectivity index (χ2v) is 3.68. The Morgan fingerprint density at radius 2 is 2.00 bits per heavy atom. The average Bonchev–Trinajstić information content (AvgIpc) is 2.20. The van der Waals surface area contributed by atoms with Crippen LogP contribution in [0, 0.1) is 13.8 Å². The Morgan fingerprint density at radius 1 is 1.40 bits per heavy atom. The molecule has 0 aliphatic carbocycles. The van der Waals surface area contributed by atoms with Crippen molar-refractivity contribution in [2.24, 2.45) is 0 Å². The van der Waals surface area contributed by atoms with Gasteiger partial charge in [0, 0.05) is 5.56 Å². The second-order valence-electron chi connectivity index (χ2n) is 3.68. The van der Waals surface area contributed by atoms with Crippen LogP contribution in [-0.2, 0) is 4.79 Å². The van der Waals surface area contributed by atoms with Gasteiger partial charge in [0.2, 0.25) is 0 Å². The van der Waals surface area contributed by atoms with Crippen LogP contribution in [0.25, 0.3) is 0 Å². The molecule has 82 valence electrons. The number of aryl methyl sites for hydroxylation is 1. The fourth-order valence-corrected chi connectivity index (χ4v) is 1.65. The lowest BCUT2D eigenvalue weighted by Crippen LogP contribution is -2.11. The molecular formula is C12H16O3. The van der Waals surface area contributed by atoms with Crippen molar-refractivity contribution in [3.63, 3.8) is 0 Å². The molecule has 0 aliphatic heterocycles. The number of hydrogen-bond acceptors (Lipinski definition) is 2. The van der Waals surface area contributed by atoms with Crippen molar-refractivity contribution in [1.29, 1.82) is 0 Å². The van der Waals surface area contributed by atoms with Crippen molar-refractivity contribution >= 4 is 5.97 Å². The highest BCUT2D eigenvalue weighted by atomic mass is 16.5. The van der Waals surface area contributed by atoms with Crippen molar-refractivity contribution < 1.29 is 14.6 Å². The molecule has 0 bridgehead atoms. The van der Waals surface area contributed by atoms with Crippen LogP contribution in [0.3, 0.4) is 0 Å². The summed E-state index contributed by atoms with van der Waals surface area (Å²) in [7, 11) is 1.56. The third-order valence-corrected chi connectivity index (χ3v) is 2.77. The summed E-state index contributed by atoms with van der Waals surface area (Å²) in [5.41, 5.74) is 2.84. The minimum Gasteiger partial charge on any atom is -0.496 e. The number of carboxylic acid groups (broad SMARTS) is 1. The number of carboxylic acids is 1. The van der Waals surface area contributed by atoms with E-state index in [1.54, 1.807) is 14.0 Å². The van der Waals surface area contributed by atoms with Gasteiger partial charge in [0.05, 0.1) is 13.0 Å². The van der Waals surface area contributed by atoms with Crippen molar-refractivity contribution in [3.8, 4) is 5.75 Å². The topological polar surface area (TPSA) is 46.5 Å². The highest BCUT2D eigenvalue weighted by molar-refractivity contribution is 5.77. The lowest BCUT2D eigenvalue weighted by atomic mass is 9.92. The molecule has 0 heterocycles. The number of methoxy groups -OCH3 is 1. The summed E-state index contributed by atoms with van der Waals surface area (Å²) < 4.78 is 5.19. The van der Waals surface area contributed by atoms with Crippen LogP contribution in [0.15, 0.2) is 12.1 Å². The molecule has 1 rings (SSSR count). The maximum Gasteiger partial charge on any atom is 0.310 e. The van der Waals surface area contributed by atoms with Crippen molar-refractivity contribution in [3.05, 3.63) is 28.8 Å². The minimum atomic E-state index is -0.831. The van der Waals surface area contributed by atoms with Gasteiger partial charge in [-0.3, -0.25) is 4.79 Å². The number of rotatable bonds is 3. The summed E-state index contributed by atoms with van der Waals surface area (Å²) in [5.74, 6) is -0.727. The summed E-state index contributed by atoms with van der Waals surface area (Å²) in [4.78, 5) is 11.0. The Morgan fingerprint density at radius 3 is 2.47 bits per heavy atom. The maximum absolute atomic E-state index is 11.0. The van der Waals surface area contributed by atoms with Crippen molar-refractivity contribution in [1.82, 2.24) is 0 Å². The predicted octanol–water partition coefficient (Wildman–Crippen LogP) is 2.50. The summed E-state index contributed by atoms with van der Waals surface area (Å²) in [6, 6.07) is 3.75. The fourth-order valence-electron chi connectivity index (χ4n) is 1.65. The molecule has 1 aromatic rings. The smallest absolute Gasteiger partial charge is 0.310 e. The third kappa shape index (κ3) is 2.12. The van der Waals surface area contributed by atoms with E-state index in [1.165, 1.54) is 0 Å². The molecule has 0 spiro atoms. The third-order valence-electron chi connectivity index (χ3n) is 2.77. The van der Waals surface area contributed by atoms with Crippen LogP contribution >= 0.6 is 0 Å². The average molecular weight is 208 g/mol. The maximum atomic E-state index is 11.0. The van der Waals surface area contributed by atoms with Gasteiger partial charge in [0.15, 0.2) is 0 Å². The van der Waals surface area contributed by atoms with E-state index in [9.17, 15) is 4.79 Å². The lowest BCUT2D eigenvalue weighted by molar-refractivity contribution is -0.138. The molecule has 0 fully saturated rings. The van der Waals surface area contributed by atoms with Crippen molar-refractivity contribution in [2.75, 3.05) is 7.11 Å². The summed E-state index contributed by atoms with van der Waals surface area (Å²) in [5, 5.41) is 9.02. The first-order valence-electron chi connectivity index (χ1n) is 4.86. The van der Waals surface area contributed by atoms with Gasteiger partial charge in [-0.15, -0.1) is 0 Å². The number of benzene rings is 1. The largest absolute Gasteiger partial charge is 0.496 e. The summed E-state index contributed by atoms with van der Waals surface area (Å²) in [6.07, 6.45) is 0. The zero-order valence-electron chi connectivity index (χ0n) is 9.50. The molecule has 1 atom stereocenters. The normalized spacial score (nSPS) is 12.3. The molecule has 0 aromatic heterocycles. The van der Waals surface area contributed by atoms with Gasteiger partial charge in [-0.2, -0.15) is 0 Å². The van der Waals surface area contributed by atoms with Crippen LogP contribution in [0.5, 0.6) is 5.75 Å². The highest BCUT2D eigenvalue weighted by Gasteiger charge is 2.21. The Hall–Kier alpha value is -1.51. The van der Waals surface area contributed by atoms with Crippen LogP contribution in [-0.4, -0.2) is 18.2 Å². The summed E-state index contributed by atoms with van der Waals surface area (Å²) >= 11 is 0. The van der Waals surface area contributed by atoms with Gasteiger partial charge in [0.1, 0.15) is 5.75 Å². The predicted molar refractivity (Wildman–Crippen MR) is 58.5 cm³/mol. The first-order valence-corrected chi connectivity index (χ1v) is 4.86. The molecule has 15 heavy (non-hydrogen) atoms. The van der Waals surface area contributed by atoms with E-state index in [0.29, 0.717) is 5.75 Å². The fraction of sp³-hybridized carbons (Fsp3) is 0.417. The molecule has 3 nitrogen and oxygen atoms in total. The van der Waals surface area contributed by atoms with Crippen LogP contribution in [0.1, 0.15) is 29.5 Å². The van der Waals surface area contributed by atoms with Crippen molar-refractivity contribution in [2.45, 2.75) is 26.7 Å². The van der Waals surface area contributed by atoms with E-state index in [2.05, 4.69) is 0 Å². The Bertz CT molecular complexity index is 383. The molecule has 0 radical (unpaired) electrons. The summed E-state index contributed by atoms with van der Waals surface area (Å²) in [6.45, 7) is 5.56. The molecule has 1 N–H and O–H groups in total. The Labute approximate surface area is 89.7 Å². The van der Waals surface area contributed by atoms with Crippen LogP contribution < -0.4 is 4.74 Å². The van der Waals surface area contributed by atoms with Gasteiger partial charge in [0.25, 0.3) is 0 Å². The first kappa shape index (κ1) is 11.6. The molecule has 0 saturated heterocycles. The number of hydrogen-bond donors (Lipinski definition) is 1. The zero-order chi connectivity index (χ0) is 11.6. The van der Waals surface area contributed by atoms with Gasteiger partial charge in [-0.1, -0.05) is 6.07 Å². The highest BCUT2D eigenvalue weighted by Crippen LogP contribution is 2.31. The van der Waals surface area contributed by atoms with E-state index in [1.807, 2.05) is 26.0 Å². The van der Waals surface area contributed by atoms with Crippen LogP contribution in [0.4, 0.5) is 0 Å². The van der Waals surface area contributed by atoms with Gasteiger partial charge < -0.3 is 9.84 Å². The SMILES string of the molecule is COc1ccc(C)c(C)c1C(C)C(=O)O. The number of carbonyl (C=O) groups is 1. The van der Waals surface area contributed by atoms with Crippen LogP contribution in [0.2, 0.25) is 0 Å². The van der Waals surface area contributed by atoms with E-state index >= 15 is 0 Å². The number of ether oxygens (including phenoxy) is 1. The molecule has 0 aliphatic rings. The quantitative estimate of drug-likeness (QED) is 0.830. The van der Waals surface area contributed by atoms with E-state index in [-0.39, 0.29) is 0 Å². The molecule has 0 saturated carbocycles. The van der Waals surface area contributed by atoms with E-state index < -0.39 is 11.9 Å². The molecule has 1 unspecified atom stereocenters. The molecule has 3 heteroatoms. The van der Waals surface area contributed by atoms with Gasteiger partial charge >= 0.3 is 5.97 Å². The second kappa shape index (κ2) is 4.34. The molecule has 0 amide bonds. The molecule has 1 aromatic carbocycles. The first-order chi connectivity index (χ1) is 6.99. The molecular weight excluding hydrogens is 192 g/mol. The monoisotopic (exact) mass is 208 g/mol. The Kier molecular flexibility index (Phi) is 3.35. The zero-order valence-corrected chi connectivity index (χ0v) is 9.50. The van der Waals surface area contributed by atoms with E-state index in [0.717, 1.165) is 16.7 Å². The minimum absolute atomic E-state index is 0.542. The standard InChI is InChI=1S/C12H16O3/c1-7-5-6-10(15-4)11(8(7)2)9(3)12(13)14/h5-6,9H,1-4H3,(H,13,14). The lowest BCUT2D eigenvalue weighted by Gasteiger charge is -2.16.